The van der Waals surface area contributed by atoms with E-state index < -0.39 is 10.2 Å². The Morgan fingerprint density at radius 1 is 1.25 bits per heavy atom. The van der Waals surface area contributed by atoms with Crippen LogP contribution in [0.3, 0.4) is 0 Å². The molecule has 1 aromatic rings. The summed E-state index contributed by atoms with van der Waals surface area (Å²) < 4.78 is 28.6. The molecule has 1 aromatic carbocycles. The van der Waals surface area contributed by atoms with Crippen LogP contribution in [0.4, 0.5) is 0 Å². The van der Waals surface area contributed by atoms with Crippen molar-refractivity contribution in [2.24, 2.45) is 11.7 Å². The van der Waals surface area contributed by atoms with Gasteiger partial charge in [-0.05, 0) is 17.0 Å². The van der Waals surface area contributed by atoms with Crippen LogP contribution >= 0.6 is 0 Å². The van der Waals surface area contributed by atoms with Gasteiger partial charge in [0.15, 0.2) is 0 Å². The maximum atomic E-state index is 12.3. The molecule has 0 bridgehead atoms. The van der Waals surface area contributed by atoms with Crippen molar-refractivity contribution in [1.29, 1.82) is 0 Å². The molecule has 5 nitrogen and oxygen atoms in total. The van der Waals surface area contributed by atoms with Crippen LogP contribution in [0, 0.1) is 5.92 Å². The number of rotatable bonds is 8. The SMILES string of the molecule is CCN(Cc1ccccc1CN)S(=O)(=O)NCC(C)C. The predicted molar refractivity (Wildman–Crippen MR) is 82.2 cm³/mol. The second-order valence-corrected chi connectivity index (χ2v) is 6.90. The summed E-state index contributed by atoms with van der Waals surface area (Å²) in [4.78, 5) is 0. The van der Waals surface area contributed by atoms with E-state index in [0.29, 0.717) is 26.2 Å². The van der Waals surface area contributed by atoms with Gasteiger partial charge in [-0.3, -0.25) is 0 Å². The number of nitrogens with one attached hydrogen (secondary N) is 1. The van der Waals surface area contributed by atoms with Gasteiger partial charge in [-0.25, -0.2) is 4.72 Å². The van der Waals surface area contributed by atoms with Gasteiger partial charge in [0.25, 0.3) is 10.2 Å². The largest absolute Gasteiger partial charge is 0.326 e. The van der Waals surface area contributed by atoms with Crippen LogP contribution in [0.2, 0.25) is 0 Å². The van der Waals surface area contributed by atoms with E-state index in [-0.39, 0.29) is 5.92 Å². The maximum absolute atomic E-state index is 12.3. The highest BCUT2D eigenvalue weighted by Gasteiger charge is 2.21. The van der Waals surface area contributed by atoms with E-state index in [2.05, 4.69) is 4.72 Å². The first kappa shape index (κ1) is 17.1. The molecule has 0 atom stereocenters. The molecule has 0 saturated carbocycles. The second-order valence-electron chi connectivity index (χ2n) is 5.15. The van der Waals surface area contributed by atoms with Crippen molar-refractivity contribution in [2.45, 2.75) is 33.9 Å². The number of hydrogen-bond donors (Lipinski definition) is 2. The lowest BCUT2D eigenvalue weighted by molar-refractivity contribution is 0.409. The maximum Gasteiger partial charge on any atom is 0.279 e. The van der Waals surface area contributed by atoms with E-state index >= 15 is 0 Å². The Morgan fingerprint density at radius 2 is 1.85 bits per heavy atom. The molecule has 0 heterocycles. The Labute approximate surface area is 122 Å². The van der Waals surface area contributed by atoms with Crippen LogP contribution in [0.25, 0.3) is 0 Å². The third kappa shape index (κ3) is 4.86. The summed E-state index contributed by atoms with van der Waals surface area (Å²) in [5.41, 5.74) is 7.62. The molecule has 0 unspecified atom stereocenters. The molecule has 20 heavy (non-hydrogen) atoms. The molecular formula is C14H25N3O2S. The summed E-state index contributed by atoms with van der Waals surface area (Å²) in [7, 11) is -3.45. The van der Waals surface area contributed by atoms with Crippen LogP contribution in [0.5, 0.6) is 0 Å². The van der Waals surface area contributed by atoms with Crippen molar-refractivity contribution in [3.8, 4) is 0 Å². The fourth-order valence-corrected chi connectivity index (χ4v) is 3.21. The fraction of sp³-hybridized carbons (Fsp3) is 0.571. The minimum absolute atomic E-state index is 0.278. The zero-order valence-corrected chi connectivity index (χ0v) is 13.3. The lowest BCUT2D eigenvalue weighted by atomic mass is 10.1. The van der Waals surface area contributed by atoms with Gasteiger partial charge in [-0.1, -0.05) is 45.0 Å². The van der Waals surface area contributed by atoms with Gasteiger partial charge < -0.3 is 5.73 Å². The fourth-order valence-electron chi connectivity index (χ4n) is 1.83. The summed E-state index contributed by atoms with van der Waals surface area (Å²) in [6, 6.07) is 7.66. The quantitative estimate of drug-likeness (QED) is 0.763. The average Bonchev–Trinajstić information content (AvgIpc) is 2.42. The van der Waals surface area contributed by atoms with Crippen molar-refractivity contribution < 1.29 is 8.42 Å². The van der Waals surface area contributed by atoms with Gasteiger partial charge in [0.1, 0.15) is 0 Å². The Kier molecular flexibility index (Phi) is 6.61. The highest BCUT2D eigenvalue weighted by molar-refractivity contribution is 7.87. The zero-order valence-electron chi connectivity index (χ0n) is 12.5. The molecule has 3 N–H and O–H groups in total. The van der Waals surface area contributed by atoms with Crippen LogP contribution in [0.15, 0.2) is 24.3 Å². The number of benzene rings is 1. The van der Waals surface area contributed by atoms with Crippen molar-refractivity contribution in [1.82, 2.24) is 9.03 Å². The van der Waals surface area contributed by atoms with Crippen molar-refractivity contribution in [2.75, 3.05) is 13.1 Å². The molecule has 6 heteroatoms. The van der Waals surface area contributed by atoms with Crippen LogP contribution in [-0.2, 0) is 23.3 Å². The summed E-state index contributed by atoms with van der Waals surface area (Å²) in [6.07, 6.45) is 0. The van der Waals surface area contributed by atoms with Gasteiger partial charge in [0, 0.05) is 26.2 Å². The first-order valence-corrected chi connectivity index (χ1v) is 8.36. The second kappa shape index (κ2) is 7.73. The Bertz CT molecular complexity index is 515. The van der Waals surface area contributed by atoms with E-state index in [1.54, 1.807) is 0 Å². The number of nitrogens with two attached hydrogens (primary N) is 1. The first-order valence-electron chi connectivity index (χ1n) is 6.92. The van der Waals surface area contributed by atoms with Gasteiger partial charge >= 0.3 is 0 Å². The molecule has 0 amide bonds. The Balaban J connectivity index is 2.86. The average molecular weight is 299 g/mol. The van der Waals surface area contributed by atoms with Gasteiger partial charge in [-0.2, -0.15) is 12.7 Å². The minimum Gasteiger partial charge on any atom is -0.326 e. The molecule has 1 rings (SSSR count). The van der Waals surface area contributed by atoms with Crippen LogP contribution < -0.4 is 10.5 Å². The van der Waals surface area contributed by atoms with Crippen LogP contribution in [0.1, 0.15) is 31.9 Å². The molecule has 0 aromatic heterocycles. The Morgan fingerprint density at radius 3 is 2.35 bits per heavy atom. The number of nitrogens with zero attached hydrogens (tertiary/aromatic N) is 1. The molecule has 0 saturated heterocycles. The summed E-state index contributed by atoms with van der Waals surface area (Å²) in [6.45, 7) is 7.40. The monoisotopic (exact) mass is 299 g/mol. The highest BCUT2D eigenvalue weighted by Crippen LogP contribution is 2.13. The lowest BCUT2D eigenvalue weighted by Crippen LogP contribution is -2.41. The normalized spacial score (nSPS) is 12.3. The topological polar surface area (TPSA) is 75.4 Å². The molecule has 0 aliphatic carbocycles. The summed E-state index contributed by atoms with van der Waals surface area (Å²) in [5, 5.41) is 0. The molecule has 114 valence electrons. The molecule has 0 radical (unpaired) electrons. The van der Waals surface area contributed by atoms with E-state index in [1.807, 2.05) is 45.0 Å². The van der Waals surface area contributed by atoms with Crippen LogP contribution in [-0.4, -0.2) is 25.8 Å². The summed E-state index contributed by atoms with van der Waals surface area (Å²) in [5.74, 6) is 0.278. The zero-order chi connectivity index (χ0) is 15.2. The molecule has 0 aliphatic rings. The van der Waals surface area contributed by atoms with Crippen molar-refractivity contribution in [3.05, 3.63) is 35.4 Å². The van der Waals surface area contributed by atoms with Crippen molar-refractivity contribution in [3.63, 3.8) is 0 Å². The van der Waals surface area contributed by atoms with Gasteiger partial charge in [0.2, 0.25) is 0 Å². The van der Waals surface area contributed by atoms with Gasteiger partial charge in [-0.15, -0.1) is 0 Å². The van der Waals surface area contributed by atoms with Gasteiger partial charge in [0.05, 0.1) is 0 Å². The predicted octanol–water partition coefficient (Wildman–Crippen LogP) is 1.46. The molecule has 0 fully saturated rings. The standard InChI is InChI=1S/C14H25N3O2S/c1-4-17(20(18,19)16-10-12(2)3)11-14-8-6-5-7-13(14)9-15/h5-8,12,16H,4,9-11,15H2,1-3H3. The lowest BCUT2D eigenvalue weighted by Gasteiger charge is -2.22. The van der Waals surface area contributed by atoms with E-state index in [1.165, 1.54) is 4.31 Å². The Hall–Kier alpha value is -0.950. The third-order valence-corrected chi connectivity index (χ3v) is 4.65. The third-order valence-electron chi connectivity index (χ3n) is 3.05. The highest BCUT2D eigenvalue weighted by atomic mass is 32.2. The first-order chi connectivity index (χ1) is 9.40. The molecule has 0 aliphatic heterocycles. The summed E-state index contributed by atoms with van der Waals surface area (Å²) >= 11 is 0. The van der Waals surface area contributed by atoms with Crippen molar-refractivity contribution >= 4 is 10.2 Å². The smallest absolute Gasteiger partial charge is 0.279 e. The van der Waals surface area contributed by atoms with E-state index in [9.17, 15) is 8.42 Å². The molecule has 0 spiro atoms. The molecular weight excluding hydrogens is 274 g/mol. The van der Waals surface area contributed by atoms with E-state index in [0.717, 1.165) is 11.1 Å². The van der Waals surface area contributed by atoms with E-state index in [4.69, 9.17) is 5.73 Å². The minimum atomic E-state index is -3.45. The number of hydrogen-bond acceptors (Lipinski definition) is 3.